The number of amides is 1. The molecule has 2 aromatic carbocycles. The summed E-state index contributed by atoms with van der Waals surface area (Å²) < 4.78 is 45.1. The molecule has 0 radical (unpaired) electrons. The molecule has 0 aliphatic rings. The summed E-state index contributed by atoms with van der Waals surface area (Å²) in [6.07, 6.45) is -2.22. The van der Waals surface area contributed by atoms with E-state index in [0.717, 1.165) is 17.7 Å². The number of benzene rings is 2. The van der Waals surface area contributed by atoms with Crippen molar-refractivity contribution >= 4 is 33.8 Å². The van der Waals surface area contributed by atoms with Gasteiger partial charge >= 0.3 is 11.9 Å². The van der Waals surface area contributed by atoms with Gasteiger partial charge in [-0.3, -0.25) is 14.4 Å². The van der Waals surface area contributed by atoms with Crippen LogP contribution in [0.2, 0.25) is 0 Å². The van der Waals surface area contributed by atoms with Crippen LogP contribution in [0.15, 0.2) is 45.5 Å². The maximum Gasteiger partial charge on any atom is 0.306 e. The SMILES string of the molecule is Cc1ccc(-c2nc([C@@H](COC(=O)CCC(=O)O)Oc3ccc(F)c(C(N)=O)c3F)oc2Br)cc1. The van der Waals surface area contributed by atoms with Crippen molar-refractivity contribution in [2.45, 2.75) is 25.9 Å². The lowest BCUT2D eigenvalue weighted by Crippen LogP contribution is -2.21. The quantitative estimate of drug-likeness (QED) is 0.354. The van der Waals surface area contributed by atoms with Crippen LogP contribution in [0.1, 0.15) is 40.8 Å². The van der Waals surface area contributed by atoms with Crippen LogP contribution in [0, 0.1) is 18.6 Å². The normalized spacial score (nSPS) is 11.7. The van der Waals surface area contributed by atoms with Gasteiger partial charge in [0.15, 0.2) is 16.2 Å². The summed E-state index contributed by atoms with van der Waals surface area (Å²) in [6.45, 7) is 1.36. The molecule has 1 heterocycles. The highest BCUT2D eigenvalue weighted by Crippen LogP contribution is 2.34. The van der Waals surface area contributed by atoms with Gasteiger partial charge in [-0.15, -0.1) is 0 Å². The first kappa shape index (κ1) is 25.8. The van der Waals surface area contributed by atoms with Crippen LogP contribution in [-0.4, -0.2) is 34.5 Å². The summed E-state index contributed by atoms with van der Waals surface area (Å²) in [5.41, 5.74) is 6.12. The third kappa shape index (κ3) is 6.41. The molecule has 0 aliphatic carbocycles. The number of aryl methyl sites for hydroxylation is 1. The Labute approximate surface area is 206 Å². The largest absolute Gasteiger partial charge is 0.481 e. The minimum atomic E-state index is -1.36. The van der Waals surface area contributed by atoms with Gasteiger partial charge in [0.2, 0.25) is 12.0 Å². The Hall–Kier alpha value is -3.80. The second kappa shape index (κ2) is 11.1. The van der Waals surface area contributed by atoms with Gasteiger partial charge in [0.05, 0.1) is 12.8 Å². The van der Waals surface area contributed by atoms with E-state index in [-0.39, 0.29) is 10.6 Å². The Morgan fingerprint density at radius 3 is 2.46 bits per heavy atom. The first-order valence-electron chi connectivity index (χ1n) is 10.1. The molecule has 0 spiro atoms. The van der Waals surface area contributed by atoms with Crippen LogP contribution in [0.25, 0.3) is 11.3 Å². The van der Waals surface area contributed by atoms with Crippen LogP contribution < -0.4 is 10.5 Å². The highest BCUT2D eigenvalue weighted by atomic mass is 79.9. The number of hydrogen-bond donors (Lipinski definition) is 2. The van der Waals surface area contributed by atoms with E-state index in [1.165, 1.54) is 0 Å². The van der Waals surface area contributed by atoms with Gasteiger partial charge in [0.25, 0.3) is 5.91 Å². The van der Waals surface area contributed by atoms with E-state index in [9.17, 15) is 23.2 Å². The van der Waals surface area contributed by atoms with E-state index in [0.29, 0.717) is 11.3 Å². The van der Waals surface area contributed by atoms with Gasteiger partial charge in [-0.05, 0) is 35.0 Å². The number of carboxylic acids is 1. The maximum atomic E-state index is 14.8. The molecule has 0 saturated heterocycles. The molecule has 0 fully saturated rings. The van der Waals surface area contributed by atoms with E-state index in [2.05, 4.69) is 20.9 Å². The summed E-state index contributed by atoms with van der Waals surface area (Å²) in [5, 5.41) is 8.72. The molecular weight excluding hydrogens is 534 g/mol. The van der Waals surface area contributed by atoms with Crippen molar-refractivity contribution in [3.05, 3.63) is 69.7 Å². The van der Waals surface area contributed by atoms with Crippen molar-refractivity contribution in [1.29, 1.82) is 0 Å². The molecule has 0 saturated carbocycles. The number of hydrogen-bond acceptors (Lipinski definition) is 7. The average Bonchev–Trinajstić information content (AvgIpc) is 3.18. The Kier molecular flexibility index (Phi) is 8.18. The molecule has 3 N–H and O–H groups in total. The molecule has 0 bridgehead atoms. The van der Waals surface area contributed by atoms with Crippen molar-refractivity contribution in [1.82, 2.24) is 4.98 Å². The number of aliphatic carboxylic acids is 1. The van der Waals surface area contributed by atoms with Gasteiger partial charge in [-0.2, -0.15) is 0 Å². The molecule has 0 aliphatic heterocycles. The fourth-order valence-corrected chi connectivity index (χ4v) is 3.44. The van der Waals surface area contributed by atoms with Gasteiger partial charge in [0.1, 0.15) is 23.7 Å². The summed E-state index contributed by atoms with van der Waals surface area (Å²) >= 11 is 3.26. The molecule has 12 heteroatoms. The maximum absolute atomic E-state index is 14.8. The number of nitrogens with two attached hydrogens (primary N) is 1. The number of aromatic nitrogens is 1. The number of halogens is 3. The lowest BCUT2D eigenvalue weighted by Gasteiger charge is -2.17. The molecule has 3 rings (SSSR count). The van der Waals surface area contributed by atoms with Crippen LogP contribution in [-0.2, 0) is 14.3 Å². The fourth-order valence-electron chi connectivity index (χ4n) is 2.95. The highest BCUT2D eigenvalue weighted by Gasteiger charge is 2.28. The van der Waals surface area contributed by atoms with E-state index in [4.69, 9.17) is 24.7 Å². The molecular formula is C23H19BrF2N2O7. The van der Waals surface area contributed by atoms with E-state index in [1.807, 2.05) is 19.1 Å². The summed E-state index contributed by atoms with van der Waals surface area (Å²) in [7, 11) is 0. The first-order valence-corrected chi connectivity index (χ1v) is 10.9. The molecule has 1 aromatic heterocycles. The predicted octanol–water partition coefficient (Wildman–Crippen LogP) is 4.32. The second-order valence-electron chi connectivity index (χ2n) is 7.32. The fraction of sp³-hybridized carbons (Fsp3) is 0.217. The first-order chi connectivity index (χ1) is 16.6. The van der Waals surface area contributed by atoms with Crippen molar-refractivity contribution in [3.63, 3.8) is 0 Å². The molecule has 0 unspecified atom stereocenters. The molecule has 35 heavy (non-hydrogen) atoms. The Morgan fingerprint density at radius 2 is 1.83 bits per heavy atom. The van der Waals surface area contributed by atoms with E-state index < -0.39 is 66.3 Å². The molecule has 3 aromatic rings. The number of esters is 1. The standard InChI is InChI=1S/C23H19BrF2N2O7/c1-11-2-4-12(5-3-11)20-21(24)35-23(28-20)15(10-33-17(31)9-8-16(29)30)34-14-7-6-13(25)18(19(14)26)22(27)32/h2-7,15H,8-10H2,1H3,(H2,27,32)(H,29,30)/t15-/m1/s1. The zero-order chi connectivity index (χ0) is 25.7. The van der Waals surface area contributed by atoms with Crippen LogP contribution in [0.5, 0.6) is 5.75 Å². The van der Waals surface area contributed by atoms with Gasteiger partial charge in [-0.25, -0.2) is 13.8 Å². The van der Waals surface area contributed by atoms with Gasteiger partial charge < -0.3 is 24.7 Å². The average molecular weight is 553 g/mol. The highest BCUT2D eigenvalue weighted by molar-refractivity contribution is 9.10. The van der Waals surface area contributed by atoms with Crippen LogP contribution >= 0.6 is 15.9 Å². The third-order valence-electron chi connectivity index (χ3n) is 4.71. The van der Waals surface area contributed by atoms with Gasteiger partial charge in [0, 0.05) is 5.56 Å². The molecule has 184 valence electrons. The summed E-state index contributed by atoms with van der Waals surface area (Å²) in [6, 6.07) is 9.01. The van der Waals surface area contributed by atoms with E-state index in [1.54, 1.807) is 12.1 Å². The van der Waals surface area contributed by atoms with E-state index >= 15 is 0 Å². The number of ether oxygens (including phenoxy) is 2. The Morgan fingerprint density at radius 1 is 1.14 bits per heavy atom. The number of carbonyl (C=O) groups excluding carboxylic acids is 2. The molecule has 9 nitrogen and oxygen atoms in total. The number of rotatable bonds is 10. The molecule has 1 amide bonds. The number of nitrogens with zero attached hydrogens (tertiary/aromatic N) is 1. The van der Waals surface area contributed by atoms with Crippen LogP contribution in [0.3, 0.4) is 0 Å². The molecule has 1 atom stereocenters. The minimum absolute atomic E-state index is 0.136. The van der Waals surface area contributed by atoms with Crippen LogP contribution in [0.4, 0.5) is 8.78 Å². The van der Waals surface area contributed by atoms with Crippen molar-refractivity contribution in [2.24, 2.45) is 5.73 Å². The number of carbonyl (C=O) groups is 3. The number of oxazole rings is 1. The third-order valence-corrected chi connectivity index (χ3v) is 5.25. The summed E-state index contributed by atoms with van der Waals surface area (Å²) in [5.74, 6) is -6.64. The van der Waals surface area contributed by atoms with Gasteiger partial charge in [-0.1, -0.05) is 29.8 Å². The minimum Gasteiger partial charge on any atom is -0.481 e. The number of primary amides is 1. The lowest BCUT2D eigenvalue weighted by molar-refractivity contribution is -0.149. The predicted molar refractivity (Wildman–Crippen MR) is 120 cm³/mol. The van der Waals surface area contributed by atoms with Crippen molar-refractivity contribution in [3.8, 4) is 17.0 Å². The van der Waals surface area contributed by atoms with Crippen molar-refractivity contribution < 1.29 is 42.2 Å². The number of carboxylic acid groups (broad SMARTS) is 1. The zero-order valence-corrected chi connectivity index (χ0v) is 19.8. The smallest absolute Gasteiger partial charge is 0.306 e. The monoisotopic (exact) mass is 552 g/mol. The second-order valence-corrected chi connectivity index (χ2v) is 8.04. The topological polar surface area (TPSA) is 142 Å². The lowest BCUT2D eigenvalue weighted by atomic mass is 10.1. The summed E-state index contributed by atoms with van der Waals surface area (Å²) in [4.78, 5) is 38.4. The Balaban J connectivity index is 1.93. The zero-order valence-electron chi connectivity index (χ0n) is 18.2. The van der Waals surface area contributed by atoms with Crippen molar-refractivity contribution in [2.75, 3.05) is 6.61 Å². The Bertz CT molecular complexity index is 1260.